The molecule has 0 unspecified atom stereocenters. The molecule has 22 heavy (non-hydrogen) atoms. The summed E-state index contributed by atoms with van der Waals surface area (Å²) < 4.78 is 5.66. The van der Waals surface area contributed by atoms with E-state index in [9.17, 15) is 5.26 Å². The van der Waals surface area contributed by atoms with Gasteiger partial charge >= 0.3 is 0 Å². The summed E-state index contributed by atoms with van der Waals surface area (Å²) in [5, 5.41) is 10.0. The van der Waals surface area contributed by atoms with Crippen LogP contribution in [0.15, 0.2) is 41.7 Å². The minimum atomic E-state index is 0.588. The normalized spacial score (nSPS) is 12.6. The first kappa shape index (κ1) is 18.3. The van der Waals surface area contributed by atoms with Crippen molar-refractivity contribution in [3.8, 4) is 6.07 Å². The van der Waals surface area contributed by atoms with Crippen molar-refractivity contribution in [2.24, 2.45) is 0 Å². The van der Waals surface area contributed by atoms with E-state index in [1.807, 2.05) is 38.1 Å². The predicted molar refractivity (Wildman–Crippen MR) is 93.5 cm³/mol. The Bertz CT molecular complexity index is 564. The summed E-state index contributed by atoms with van der Waals surface area (Å²) in [5.74, 6) is 0.735. The van der Waals surface area contributed by atoms with Crippen molar-refractivity contribution < 1.29 is 4.74 Å². The summed E-state index contributed by atoms with van der Waals surface area (Å²) in [6.45, 7) is 6.75. The fourth-order valence-corrected chi connectivity index (χ4v) is 2.14. The summed E-state index contributed by atoms with van der Waals surface area (Å²) in [4.78, 5) is 0. The summed E-state index contributed by atoms with van der Waals surface area (Å²) in [6.07, 6.45) is 6.00. The molecular weight excluding hydrogens is 294 g/mol. The Balaban J connectivity index is 2.66. The van der Waals surface area contributed by atoms with Crippen molar-refractivity contribution >= 4 is 17.2 Å². The molecule has 0 bridgehead atoms. The van der Waals surface area contributed by atoms with Crippen molar-refractivity contribution in [3.63, 3.8) is 0 Å². The molecule has 0 heterocycles. The quantitative estimate of drug-likeness (QED) is 0.328. The third-order valence-corrected chi connectivity index (χ3v) is 3.79. The summed E-state index contributed by atoms with van der Waals surface area (Å²) in [6, 6.07) is 9.96. The topological polar surface area (TPSA) is 33.0 Å². The first-order valence-corrected chi connectivity index (χ1v) is 8.11. The number of halogens is 1. The van der Waals surface area contributed by atoms with Crippen LogP contribution in [0.4, 0.5) is 0 Å². The number of hydrogen-bond acceptors (Lipinski definition) is 2. The summed E-state index contributed by atoms with van der Waals surface area (Å²) in [5.41, 5.74) is 2.93. The zero-order chi connectivity index (χ0) is 16.4. The van der Waals surface area contributed by atoms with E-state index in [1.54, 1.807) is 0 Å². The van der Waals surface area contributed by atoms with Gasteiger partial charge in [-0.05, 0) is 43.5 Å². The molecule has 0 atom stereocenters. The van der Waals surface area contributed by atoms with Crippen LogP contribution in [-0.2, 0) is 4.74 Å². The highest BCUT2D eigenvalue weighted by molar-refractivity contribution is 6.30. The Morgan fingerprint density at radius 1 is 1.23 bits per heavy atom. The van der Waals surface area contributed by atoms with Crippen LogP contribution in [0.25, 0.3) is 5.57 Å². The van der Waals surface area contributed by atoms with Crippen molar-refractivity contribution in [1.82, 2.24) is 0 Å². The number of rotatable bonds is 8. The zero-order valence-corrected chi connectivity index (χ0v) is 14.4. The van der Waals surface area contributed by atoms with E-state index in [0.29, 0.717) is 18.6 Å². The molecule has 1 aromatic rings. The van der Waals surface area contributed by atoms with Gasteiger partial charge in [-0.2, -0.15) is 5.26 Å². The van der Waals surface area contributed by atoms with Crippen LogP contribution in [0.3, 0.4) is 0 Å². The first-order valence-electron chi connectivity index (χ1n) is 7.73. The average molecular weight is 318 g/mol. The fraction of sp³-hybridized carbons (Fsp3) is 0.421. The van der Waals surface area contributed by atoms with E-state index >= 15 is 0 Å². The maximum absolute atomic E-state index is 9.28. The van der Waals surface area contributed by atoms with Crippen molar-refractivity contribution in [2.45, 2.75) is 46.5 Å². The molecule has 0 aromatic heterocycles. The van der Waals surface area contributed by atoms with Gasteiger partial charge in [-0.1, -0.05) is 49.6 Å². The lowest BCUT2D eigenvalue weighted by Gasteiger charge is -2.08. The van der Waals surface area contributed by atoms with Gasteiger partial charge in [0.05, 0.1) is 18.2 Å². The SMILES string of the molecule is CCCCCOC(C)=C(C#N)CC=C(C)c1ccc(Cl)cc1. The Morgan fingerprint density at radius 2 is 1.91 bits per heavy atom. The molecule has 0 aliphatic carbocycles. The van der Waals surface area contributed by atoms with E-state index < -0.39 is 0 Å². The number of hydrogen-bond donors (Lipinski definition) is 0. The number of unbranched alkanes of at least 4 members (excludes halogenated alkanes) is 2. The third-order valence-electron chi connectivity index (χ3n) is 3.54. The lowest BCUT2D eigenvalue weighted by Crippen LogP contribution is -1.96. The molecule has 0 saturated heterocycles. The second-order valence-electron chi connectivity index (χ2n) is 5.30. The monoisotopic (exact) mass is 317 g/mol. The number of nitriles is 1. The van der Waals surface area contributed by atoms with Gasteiger partial charge in [-0.3, -0.25) is 0 Å². The van der Waals surface area contributed by atoms with Gasteiger partial charge in [0.2, 0.25) is 0 Å². The number of benzene rings is 1. The molecule has 0 amide bonds. The van der Waals surface area contributed by atoms with Crippen LogP contribution in [-0.4, -0.2) is 6.61 Å². The first-order chi connectivity index (χ1) is 10.6. The van der Waals surface area contributed by atoms with E-state index in [1.165, 1.54) is 6.42 Å². The van der Waals surface area contributed by atoms with Crippen LogP contribution < -0.4 is 0 Å². The van der Waals surface area contributed by atoms with E-state index in [2.05, 4.69) is 19.1 Å². The largest absolute Gasteiger partial charge is 0.497 e. The molecule has 0 saturated carbocycles. The molecule has 0 radical (unpaired) electrons. The molecule has 2 nitrogen and oxygen atoms in total. The summed E-state index contributed by atoms with van der Waals surface area (Å²) >= 11 is 5.89. The molecule has 0 aliphatic rings. The van der Waals surface area contributed by atoms with Crippen LogP contribution in [0, 0.1) is 11.3 Å². The minimum Gasteiger partial charge on any atom is -0.497 e. The zero-order valence-electron chi connectivity index (χ0n) is 13.7. The van der Waals surface area contributed by atoms with Crippen molar-refractivity contribution in [3.05, 3.63) is 52.3 Å². The van der Waals surface area contributed by atoms with Gasteiger partial charge in [0.15, 0.2) is 0 Å². The standard InChI is InChI=1S/C19H24ClNO/c1-4-5-6-13-22-16(3)18(14-21)8-7-15(2)17-9-11-19(20)12-10-17/h7,9-12H,4-6,8,13H2,1-3H3. The van der Waals surface area contributed by atoms with Crippen molar-refractivity contribution in [2.75, 3.05) is 6.61 Å². The number of nitrogens with zero attached hydrogens (tertiary/aromatic N) is 1. The van der Waals surface area contributed by atoms with Crippen LogP contribution in [0.2, 0.25) is 5.02 Å². The van der Waals surface area contributed by atoms with Crippen LogP contribution in [0.1, 0.15) is 52.0 Å². The highest BCUT2D eigenvalue weighted by Gasteiger charge is 2.03. The number of allylic oxidation sites excluding steroid dienone is 4. The second kappa shape index (κ2) is 10.1. The molecular formula is C19H24ClNO. The average Bonchev–Trinajstić information content (AvgIpc) is 2.52. The molecule has 3 heteroatoms. The molecule has 1 rings (SSSR count). The highest BCUT2D eigenvalue weighted by atomic mass is 35.5. The third kappa shape index (κ3) is 6.37. The van der Waals surface area contributed by atoms with Crippen molar-refractivity contribution in [1.29, 1.82) is 5.26 Å². The van der Waals surface area contributed by atoms with Gasteiger partial charge < -0.3 is 4.74 Å². The van der Waals surface area contributed by atoms with Gasteiger partial charge in [0, 0.05) is 11.4 Å². The summed E-state index contributed by atoms with van der Waals surface area (Å²) in [7, 11) is 0. The Kier molecular flexibility index (Phi) is 8.40. The van der Waals surface area contributed by atoms with Gasteiger partial charge in [-0.25, -0.2) is 0 Å². The fourth-order valence-electron chi connectivity index (χ4n) is 2.02. The minimum absolute atomic E-state index is 0.588. The maximum Gasteiger partial charge on any atom is 0.107 e. The predicted octanol–water partition coefficient (Wildman–Crippen LogP) is 6.14. The van der Waals surface area contributed by atoms with Gasteiger partial charge in [0.25, 0.3) is 0 Å². The molecule has 0 spiro atoms. The molecule has 1 aromatic carbocycles. The van der Waals surface area contributed by atoms with Crippen LogP contribution in [0.5, 0.6) is 0 Å². The Morgan fingerprint density at radius 3 is 2.50 bits per heavy atom. The molecule has 0 aliphatic heterocycles. The van der Waals surface area contributed by atoms with E-state index in [4.69, 9.17) is 16.3 Å². The molecule has 0 N–H and O–H groups in total. The Labute approximate surface area is 139 Å². The smallest absolute Gasteiger partial charge is 0.107 e. The van der Waals surface area contributed by atoms with Gasteiger partial charge in [-0.15, -0.1) is 0 Å². The molecule has 118 valence electrons. The van der Waals surface area contributed by atoms with E-state index in [-0.39, 0.29) is 0 Å². The van der Waals surface area contributed by atoms with Crippen LogP contribution >= 0.6 is 11.6 Å². The maximum atomic E-state index is 9.28. The second-order valence-corrected chi connectivity index (χ2v) is 5.74. The lowest BCUT2D eigenvalue weighted by molar-refractivity contribution is 0.205. The Hall–Kier alpha value is -1.72. The lowest BCUT2D eigenvalue weighted by atomic mass is 10.0. The van der Waals surface area contributed by atoms with E-state index in [0.717, 1.165) is 34.8 Å². The highest BCUT2D eigenvalue weighted by Crippen LogP contribution is 2.19. The number of ether oxygens (including phenoxy) is 1. The molecule has 0 fully saturated rings. The van der Waals surface area contributed by atoms with Gasteiger partial charge in [0.1, 0.15) is 5.76 Å².